The van der Waals surface area contributed by atoms with E-state index in [-0.39, 0.29) is 5.75 Å². The van der Waals surface area contributed by atoms with Gasteiger partial charge in [-0.15, -0.1) is 0 Å². The van der Waals surface area contributed by atoms with Gasteiger partial charge in [-0.25, -0.2) is 14.0 Å². The molecule has 0 radical (unpaired) electrons. The number of anilines is 2. The van der Waals surface area contributed by atoms with Crippen molar-refractivity contribution in [3.63, 3.8) is 0 Å². The number of halogens is 3. The molecule has 3 aromatic rings. The highest BCUT2D eigenvalue weighted by atomic mass is 19.4. The third-order valence-electron chi connectivity index (χ3n) is 5.05. The van der Waals surface area contributed by atoms with Gasteiger partial charge in [-0.3, -0.25) is 0 Å². The molecule has 10 heteroatoms. The topological polar surface area (TPSA) is 66.5 Å². The minimum atomic E-state index is -4.50. The first-order chi connectivity index (χ1) is 14.3. The van der Waals surface area contributed by atoms with Gasteiger partial charge in [-0.05, 0) is 48.5 Å². The van der Waals surface area contributed by atoms with Gasteiger partial charge in [0.15, 0.2) is 0 Å². The lowest BCUT2D eigenvalue weighted by Crippen LogP contribution is -2.46. The molecule has 0 aliphatic carbocycles. The van der Waals surface area contributed by atoms with E-state index in [4.69, 9.17) is 0 Å². The molecular weight excluding hydrogens is 399 g/mol. The molecule has 4 rings (SSSR count). The minimum absolute atomic E-state index is 0.237. The van der Waals surface area contributed by atoms with Crippen molar-refractivity contribution in [2.45, 2.75) is 12.7 Å². The second-order valence-electron chi connectivity index (χ2n) is 7.06. The van der Waals surface area contributed by atoms with Crippen LogP contribution >= 0.6 is 0 Å². The predicted octanol–water partition coefficient (Wildman–Crippen LogP) is 2.63. The number of piperazine rings is 1. The van der Waals surface area contributed by atoms with Gasteiger partial charge in [-0.1, -0.05) is 0 Å². The van der Waals surface area contributed by atoms with Crippen molar-refractivity contribution in [3.8, 4) is 11.4 Å². The highest BCUT2D eigenvalue weighted by Gasteiger charge is 2.30. The second kappa shape index (κ2) is 7.77. The van der Waals surface area contributed by atoms with E-state index in [2.05, 4.69) is 14.9 Å². The maximum Gasteiger partial charge on any atom is 0.408 e. The quantitative estimate of drug-likeness (QED) is 0.704. The smallest absolute Gasteiger partial charge is 0.408 e. The Morgan fingerprint density at radius 1 is 0.833 bits per heavy atom. The Labute approximate surface area is 170 Å². The van der Waals surface area contributed by atoms with Crippen molar-refractivity contribution in [3.05, 3.63) is 65.3 Å². The van der Waals surface area contributed by atoms with Crippen molar-refractivity contribution in [1.82, 2.24) is 14.3 Å². The molecule has 1 aromatic heterocycles. The van der Waals surface area contributed by atoms with Crippen molar-refractivity contribution < 1.29 is 18.3 Å². The predicted molar refractivity (Wildman–Crippen MR) is 106 cm³/mol. The molecule has 158 valence electrons. The molecule has 1 fully saturated rings. The van der Waals surface area contributed by atoms with E-state index in [0.29, 0.717) is 10.4 Å². The normalized spacial score (nSPS) is 14.9. The van der Waals surface area contributed by atoms with E-state index in [1.165, 1.54) is 0 Å². The van der Waals surface area contributed by atoms with Gasteiger partial charge in [0.05, 0.1) is 5.69 Å². The number of phenols is 1. The summed E-state index contributed by atoms with van der Waals surface area (Å²) in [6.45, 7) is 1.81. The van der Waals surface area contributed by atoms with Crippen molar-refractivity contribution in [2.75, 3.05) is 36.0 Å². The molecule has 2 aromatic carbocycles. The fourth-order valence-corrected chi connectivity index (χ4v) is 3.50. The number of phenolic OH excluding ortho intramolecular Hbond substituents is 1. The van der Waals surface area contributed by atoms with Gasteiger partial charge in [0.1, 0.15) is 18.6 Å². The maximum atomic E-state index is 12.5. The number of benzene rings is 2. The first-order valence-electron chi connectivity index (χ1n) is 9.41. The first-order valence-corrected chi connectivity index (χ1v) is 9.41. The number of aromatic hydroxyl groups is 1. The summed E-state index contributed by atoms with van der Waals surface area (Å²) in [4.78, 5) is 16.6. The van der Waals surface area contributed by atoms with Crippen molar-refractivity contribution >= 4 is 11.4 Å². The Balaban J connectivity index is 1.42. The van der Waals surface area contributed by atoms with E-state index in [0.717, 1.165) is 48.4 Å². The van der Waals surface area contributed by atoms with Crippen LogP contribution < -0.4 is 15.5 Å². The molecule has 1 aliphatic rings. The molecule has 0 unspecified atom stereocenters. The largest absolute Gasteiger partial charge is 0.508 e. The minimum Gasteiger partial charge on any atom is -0.508 e. The van der Waals surface area contributed by atoms with Crippen LogP contribution in [0, 0.1) is 0 Å². The van der Waals surface area contributed by atoms with Crippen molar-refractivity contribution in [2.24, 2.45) is 0 Å². The van der Waals surface area contributed by atoms with Crippen LogP contribution in [0.4, 0.5) is 24.5 Å². The van der Waals surface area contributed by atoms with Crippen LogP contribution in [0.5, 0.6) is 5.75 Å². The summed E-state index contributed by atoms with van der Waals surface area (Å²) in [6.07, 6.45) is -3.41. The van der Waals surface area contributed by atoms with Crippen LogP contribution in [-0.4, -0.2) is 51.8 Å². The van der Waals surface area contributed by atoms with Crippen LogP contribution in [0.1, 0.15) is 0 Å². The summed E-state index contributed by atoms with van der Waals surface area (Å²) in [5.41, 5.74) is 1.65. The Kier molecular flexibility index (Phi) is 5.15. The molecule has 0 atom stereocenters. The van der Waals surface area contributed by atoms with Gasteiger partial charge in [0, 0.05) is 37.6 Å². The Morgan fingerprint density at radius 2 is 1.30 bits per heavy atom. The van der Waals surface area contributed by atoms with Gasteiger partial charge in [-0.2, -0.15) is 18.3 Å². The Hall–Kier alpha value is -3.43. The van der Waals surface area contributed by atoms with Crippen LogP contribution in [0.2, 0.25) is 0 Å². The standard InChI is InChI=1S/C20H20F3N5O2/c21-20(22,23)13-28-19(30)27(14-24-28)17-3-1-15(2-4-17)25-9-11-26(12-10-25)16-5-7-18(29)8-6-16/h1-8,14,29H,9-13H2. The summed E-state index contributed by atoms with van der Waals surface area (Å²) in [6, 6.07) is 14.2. The SMILES string of the molecule is O=c1n(-c2ccc(N3CCN(c4ccc(O)cc4)CC3)cc2)cnn1CC(F)(F)F. The van der Waals surface area contributed by atoms with Crippen molar-refractivity contribution in [1.29, 1.82) is 0 Å². The van der Waals surface area contributed by atoms with E-state index in [9.17, 15) is 23.1 Å². The number of aromatic nitrogens is 3. The maximum absolute atomic E-state index is 12.5. The summed E-state index contributed by atoms with van der Waals surface area (Å²) in [7, 11) is 0. The fourth-order valence-electron chi connectivity index (χ4n) is 3.50. The second-order valence-corrected chi connectivity index (χ2v) is 7.06. The lowest BCUT2D eigenvalue weighted by atomic mass is 10.2. The number of alkyl halides is 3. The molecule has 0 saturated carbocycles. The Morgan fingerprint density at radius 3 is 1.80 bits per heavy atom. The monoisotopic (exact) mass is 419 g/mol. The average Bonchev–Trinajstić information content (AvgIpc) is 3.07. The summed E-state index contributed by atoms with van der Waals surface area (Å²) >= 11 is 0. The highest BCUT2D eigenvalue weighted by molar-refractivity contribution is 5.54. The van der Waals surface area contributed by atoms with E-state index in [1.54, 1.807) is 24.3 Å². The van der Waals surface area contributed by atoms with Gasteiger partial charge in [0.2, 0.25) is 0 Å². The van der Waals surface area contributed by atoms with E-state index >= 15 is 0 Å². The van der Waals surface area contributed by atoms with Crippen LogP contribution in [0.15, 0.2) is 59.7 Å². The number of nitrogens with zero attached hydrogens (tertiary/aromatic N) is 5. The average molecular weight is 419 g/mol. The first kappa shape index (κ1) is 19.9. The van der Waals surface area contributed by atoms with Gasteiger partial charge in [0.25, 0.3) is 0 Å². The van der Waals surface area contributed by atoms with Gasteiger partial charge >= 0.3 is 11.9 Å². The zero-order valence-electron chi connectivity index (χ0n) is 16.0. The summed E-state index contributed by atoms with van der Waals surface area (Å²) in [5, 5.41) is 13.0. The van der Waals surface area contributed by atoms with E-state index < -0.39 is 18.4 Å². The number of hydrogen-bond acceptors (Lipinski definition) is 5. The van der Waals surface area contributed by atoms with Gasteiger partial charge < -0.3 is 14.9 Å². The molecule has 2 heterocycles. The molecule has 1 saturated heterocycles. The summed E-state index contributed by atoms with van der Waals surface area (Å²) in [5.74, 6) is 0.237. The number of hydrogen-bond donors (Lipinski definition) is 1. The third kappa shape index (κ3) is 4.27. The molecule has 0 amide bonds. The number of rotatable bonds is 4. The molecule has 0 bridgehead atoms. The highest BCUT2D eigenvalue weighted by Crippen LogP contribution is 2.23. The molecular formula is C20H20F3N5O2. The molecule has 7 nitrogen and oxygen atoms in total. The Bertz CT molecular complexity index is 1050. The molecule has 1 aliphatic heterocycles. The third-order valence-corrected chi connectivity index (χ3v) is 5.05. The zero-order chi connectivity index (χ0) is 21.3. The molecule has 30 heavy (non-hydrogen) atoms. The molecule has 0 spiro atoms. The lowest BCUT2D eigenvalue weighted by Gasteiger charge is -2.37. The van der Waals surface area contributed by atoms with E-state index in [1.807, 2.05) is 24.3 Å². The van der Waals surface area contributed by atoms with Crippen LogP contribution in [0.3, 0.4) is 0 Å². The zero-order valence-corrected chi connectivity index (χ0v) is 16.0. The lowest BCUT2D eigenvalue weighted by molar-refractivity contribution is -0.143. The molecule has 1 N–H and O–H groups in total. The summed E-state index contributed by atoms with van der Waals surface area (Å²) < 4.78 is 39.0. The van der Waals surface area contributed by atoms with Crippen LogP contribution in [0.25, 0.3) is 5.69 Å². The van der Waals surface area contributed by atoms with Crippen LogP contribution in [-0.2, 0) is 6.54 Å². The fraction of sp³-hybridized carbons (Fsp3) is 0.300.